The van der Waals surface area contributed by atoms with Gasteiger partial charge in [-0.2, -0.15) is 0 Å². The van der Waals surface area contributed by atoms with Crippen LogP contribution in [0.15, 0.2) is 24.3 Å². The molecule has 1 atom stereocenters. The molecule has 0 aliphatic carbocycles. The van der Waals surface area contributed by atoms with Crippen LogP contribution in [0.5, 0.6) is 5.75 Å². The number of carbonyl (C=O) groups is 1. The number of halogens is 1. The van der Waals surface area contributed by atoms with Gasteiger partial charge in [0.1, 0.15) is 5.75 Å². The summed E-state index contributed by atoms with van der Waals surface area (Å²) in [6.07, 6.45) is 1.00. The molecule has 1 unspecified atom stereocenters. The zero-order chi connectivity index (χ0) is 16.2. The Balaban J connectivity index is 0.00000264. The molecule has 2 N–H and O–H groups in total. The van der Waals surface area contributed by atoms with Gasteiger partial charge in [0.15, 0.2) is 0 Å². The smallest absolute Gasteiger partial charge is 0.230 e. The number of hydrogen-bond donors (Lipinski definition) is 2. The van der Waals surface area contributed by atoms with Crippen molar-refractivity contribution in [2.75, 3.05) is 19.7 Å². The summed E-state index contributed by atoms with van der Waals surface area (Å²) in [6, 6.07) is 8.12. The van der Waals surface area contributed by atoms with Crippen molar-refractivity contribution in [2.24, 2.45) is 5.92 Å². The highest BCUT2D eigenvalue weighted by molar-refractivity contribution is 5.87. The summed E-state index contributed by atoms with van der Waals surface area (Å²) in [5.74, 6) is 1.44. The summed E-state index contributed by atoms with van der Waals surface area (Å²) in [6.45, 7) is 10.7. The van der Waals surface area contributed by atoms with Gasteiger partial charge >= 0.3 is 0 Å². The number of hydrogen-bond acceptors (Lipinski definition) is 3. The van der Waals surface area contributed by atoms with Crippen LogP contribution in [0.2, 0.25) is 0 Å². The van der Waals surface area contributed by atoms with Crippen molar-refractivity contribution >= 4 is 18.3 Å². The van der Waals surface area contributed by atoms with Gasteiger partial charge in [-0.25, -0.2) is 0 Å². The molecule has 1 aliphatic rings. The lowest BCUT2D eigenvalue weighted by Crippen LogP contribution is -2.45. The van der Waals surface area contributed by atoms with Crippen molar-refractivity contribution in [3.05, 3.63) is 29.8 Å². The van der Waals surface area contributed by atoms with Crippen LogP contribution < -0.4 is 15.4 Å². The SMILES string of the molecule is CC(C)COc1ccc(C(C)(C)C(=O)NC2CCNC2)cc1.Cl. The van der Waals surface area contributed by atoms with Gasteiger partial charge in [-0.15, -0.1) is 12.4 Å². The molecule has 0 bridgehead atoms. The van der Waals surface area contributed by atoms with E-state index in [1.54, 1.807) is 0 Å². The third-order valence-corrected chi connectivity index (χ3v) is 4.12. The second-order valence-electron chi connectivity index (χ2n) is 7.02. The second-order valence-corrected chi connectivity index (χ2v) is 7.02. The highest BCUT2D eigenvalue weighted by atomic mass is 35.5. The third-order valence-electron chi connectivity index (χ3n) is 4.12. The molecule has 1 amide bonds. The van der Waals surface area contributed by atoms with Gasteiger partial charge in [0, 0.05) is 12.6 Å². The van der Waals surface area contributed by atoms with Gasteiger partial charge in [0.2, 0.25) is 5.91 Å². The Labute approximate surface area is 145 Å². The Morgan fingerprint density at radius 1 is 1.35 bits per heavy atom. The lowest BCUT2D eigenvalue weighted by Gasteiger charge is -2.26. The zero-order valence-electron chi connectivity index (χ0n) is 14.5. The van der Waals surface area contributed by atoms with E-state index in [9.17, 15) is 4.79 Å². The molecular weight excluding hydrogens is 312 g/mol. The molecule has 1 aliphatic heterocycles. The number of nitrogens with one attached hydrogen (secondary N) is 2. The fourth-order valence-electron chi connectivity index (χ4n) is 2.51. The van der Waals surface area contributed by atoms with Crippen molar-refractivity contribution in [3.8, 4) is 5.75 Å². The molecule has 1 saturated heterocycles. The van der Waals surface area contributed by atoms with E-state index in [4.69, 9.17) is 4.74 Å². The lowest BCUT2D eigenvalue weighted by atomic mass is 9.83. The van der Waals surface area contributed by atoms with Gasteiger partial charge in [-0.05, 0) is 50.4 Å². The van der Waals surface area contributed by atoms with Crippen LogP contribution in [0.1, 0.15) is 39.7 Å². The first-order valence-corrected chi connectivity index (χ1v) is 8.14. The Bertz CT molecular complexity index is 494. The quantitative estimate of drug-likeness (QED) is 0.837. The molecule has 23 heavy (non-hydrogen) atoms. The molecule has 1 aromatic carbocycles. The Morgan fingerprint density at radius 2 is 2.00 bits per heavy atom. The van der Waals surface area contributed by atoms with Crippen LogP contribution >= 0.6 is 12.4 Å². The normalized spacial score (nSPS) is 17.7. The predicted octanol–water partition coefficient (Wildman–Crippen LogP) is 2.90. The van der Waals surface area contributed by atoms with E-state index in [0.717, 1.165) is 30.8 Å². The van der Waals surface area contributed by atoms with Crippen molar-refractivity contribution in [2.45, 2.75) is 45.6 Å². The van der Waals surface area contributed by atoms with Gasteiger partial charge in [-0.1, -0.05) is 26.0 Å². The highest BCUT2D eigenvalue weighted by Gasteiger charge is 2.31. The number of benzene rings is 1. The average Bonchev–Trinajstić information content (AvgIpc) is 2.98. The molecule has 0 aromatic heterocycles. The van der Waals surface area contributed by atoms with Crippen LogP contribution in [0.25, 0.3) is 0 Å². The Morgan fingerprint density at radius 3 is 2.52 bits per heavy atom. The Hall–Kier alpha value is -1.26. The number of amides is 1. The third kappa shape index (κ3) is 5.40. The largest absolute Gasteiger partial charge is 0.493 e. The summed E-state index contributed by atoms with van der Waals surface area (Å²) in [7, 11) is 0. The van der Waals surface area contributed by atoms with E-state index < -0.39 is 5.41 Å². The minimum Gasteiger partial charge on any atom is -0.493 e. The molecule has 130 valence electrons. The highest BCUT2D eigenvalue weighted by Crippen LogP contribution is 2.26. The molecule has 1 fully saturated rings. The van der Waals surface area contributed by atoms with Crippen LogP contribution in [-0.4, -0.2) is 31.6 Å². The monoisotopic (exact) mass is 340 g/mol. The molecular formula is C18H29ClN2O2. The zero-order valence-corrected chi connectivity index (χ0v) is 15.3. The van der Waals surface area contributed by atoms with Crippen molar-refractivity contribution < 1.29 is 9.53 Å². The summed E-state index contributed by atoms with van der Waals surface area (Å²) < 4.78 is 5.69. The second kappa shape index (κ2) is 8.55. The molecule has 5 heteroatoms. The molecule has 1 heterocycles. The summed E-state index contributed by atoms with van der Waals surface area (Å²) in [5.41, 5.74) is 0.465. The fraction of sp³-hybridized carbons (Fsp3) is 0.611. The van der Waals surface area contributed by atoms with Gasteiger partial charge < -0.3 is 15.4 Å². The maximum atomic E-state index is 12.6. The maximum absolute atomic E-state index is 12.6. The van der Waals surface area contributed by atoms with Crippen molar-refractivity contribution in [1.82, 2.24) is 10.6 Å². The number of rotatable bonds is 6. The molecule has 2 rings (SSSR count). The van der Waals surface area contributed by atoms with Crippen LogP contribution in [0.4, 0.5) is 0 Å². The van der Waals surface area contributed by atoms with E-state index in [0.29, 0.717) is 12.5 Å². The summed E-state index contributed by atoms with van der Waals surface area (Å²) in [5, 5.41) is 6.41. The van der Waals surface area contributed by atoms with E-state index in [1.807, 2.05) is 38.1 Å². The average molecular weight is 341 g/mol. The van der Waals surface area contributed by atoms with E-state index in [-0.39, 0.29) is 24.4 Å². The molecule has 0 saturated carbocycles. The standard InChI is InChI=1S/C18H28N2O2.ClH/c1-13(2)12-22-16-7-5-14(6-8-16)18(3,4)17(21)20-15-9-10-19-11-15;/h5-8,13,15,19H,9-12H2,1-4H3,(H,20,21);1H. The van der Waals surface area contributed by atoms with E-state index >= 15 is 0 Å². The fourth-order valence-corrected chi connectivity index (χ4v) is 2.51. The first-order chi connectivity index (χ1) is 10.4. The van der Waals surface area contributed by atoms with E-state index in [2.05, 4.69) is 24.5 Å². The molecule has 1 aromatic rings. The predicted molar refractivity (Wildman–Crippen MR) is 96.5 cm³/mol. The first-order valence-electron chi connectivity index (χ1n) is 8.14. The first kappa shape index (κ1) is 19.8. The van der Waals surface area contributed by atoms with Crippen molar-refractivity contribution in [3.63, 3.8) is 0 Å². The molecule has 0 radical (unpaired) electrons. The van der Waals surface area contributed by atoms with Crippen LogP contribution in [0, 0.1) is 5.92 Å². The number of carbonyl (C=O) groups excluding carboxylic acids is 1. The van der Waals surface area contributed by atoms with Gasteiger partial charge in [-0.3, -0.25) is 4.79 Å². The summed E-state index contributed by atoms with van der Waals surface area (Å²) in [4.78, 5) is 12.6. The van der Waals surface area contributed by atoms with Crippen LogP contribution in [-0.2, 0) is 10.2 Å². The summed E-state index contributed by atoms with van der Waals surface area (Å²) >= 11 is 0. The molecule has 4 nitrogen and oxygen atoms in total. The Kier molecular flexibility index (Phi) is 7.36. The van der Waals surface area contributed by atoms with Crippen LogP contribution in [0.3, 0.4) is 0 Å². The van der Waals surface area contributed by atoms with Crippen molar-refractivity contribution in [1.29, 1.82) is 0 Å². The number of ether oxygens (including phenoxy) is 1. The maximum Gasteiger partial charge on any atom is 0.230 e. The molecule has 0 spiro atoms. The van der Waals surface area contributed by atoms with Gasteiger partial charge in [0.25, 0.3) is 0 Å². The van der Waals surface area contributed by atoms with Gasteiger partial charge in [0.05, 0.1) is 12.0 Å². The lowest BCUT2D eigenvalue weighted by molar-refractivity contribution is -0.126. The van der Waals surface area contributed by atoms with E-state index in [1.165, 1.54) is 0 Å². The topological polar surface area (TPSA) is 50.4 Å². The minimum atomic E-state index is -0.542. The minimum absolute atomic E-state index is 0.